The highest BCUT2D eigenvalue weighted by atomic mass is 79.9. The lowest BCUT2D eigenvalue weighted by atomic mass is 10.0. The van der Waals surface area contributed by atoms with E-state index in [9.17, 15) is 4.79 Å². The maximum atomic E-state index is 11.2. The van der Waals surface area contributed by atoms with Gasteiger partial charge in [0, 0.05) is 11.0 Å². The Morgan fingerprint density at radius 2 is 2.31 bits per heavy atom. The molecule has 1 heterocycles. The van der Waals surface area contributed by atoms with Crippen molar-refractivity contribution in [2.75, 3.05) is 6.54 Å². The van der Waals surface area contributed by atoms with Crippen molar-refractivity contribution in [2.24, 2.45) is 5.92 Å². The average molecular weight is 282 g/mol. The van der Waals surface area contributed by atoms with Gasteiger partial charge in [-0.15, -0.1) is 0 Å². The third kappa shape index (κ3) is 1.36. The van der Waals surface area contributed by atoms with E-state index in [1.54, 1.807) is 4.90 Å². The van der Waals surface area contributed by atoms with E-state index in [0.717, 1.165) is 17.3 Å². The molecule has 2 atom stereocenters. The van der Waals surface area contributed by atoms with Gasteiger partial charge in [0.25, 0.3) is 0 Å². The second-order valence-corrected chi connectivity index (χ2v) is 5.43. The van der Waals surface area contributed by atoms with Crippen LogP contribution in [-0.2, 0) is 6.42 Å². The smallest absolute Gasteiger partial charge is 0.407 e. The van der Waals surface area contributed by atoms with Crippen molar-refractivity contribution in [1.82, 2.24) is 4.90 Å². The van der Waals surface area contributed by atoms with Gasteiger partial charge in [-0.1, -0.05) is 22.0 Å². The minimum atomic E-state index is -0.791. The maximum absolute atomic E-state index is 11.2. The molecule has 2 unspecified atom stereocenters. The van der Waals surface area contributed by atoms with Crippen LogP contribution in [0.4, 0.5) is 4.79 Å². The molecule has 1 aliphatic heterocycles. The predicted molar refractivity (Wildman–Crippen MR) is 63.4 cm³/mol. The van der Waals surface area contributed by atoms with E-state index in [1.165, 1.54) is 11.1 Å². The van der Waals surface area contributed by atoms with Crippen LogP contribution in [0.25, 0.3) is 0 Å². The van der Waals surface area contributed by atoms with Crippen LogP contribution in [0.2, 0.25) is 0 Å². The predicted octanol–water partition coefficient (Wildman–Crippen LogP) is 3.05. The number of fused-ring (bicyclic) bond motifs is 3. The SMILES string of the molecule is O=C(O)N1CCC2Cc3ccc(Br)cc3C21. The normalized spacial score (nSPS) is 26.7. The largest absolute Gasteiger partial charge is 0.465 e. The Kier molecular flexibility index (Phi) is 2.21. The molecule has 1 fully saturated rings. The summed E-state index contributed by atoms with van der Waals surface area (Å²) >= 11 is 3.45. The van der Waals surface area contributed by atoms with E-state index in [2.05, 4.69) is 28.1 Å². The van der Waals surface area contributed by atoms with Gasteiger partial charge in [-0.05, 0) is 42.0 Å². The first-order valence-electron chi connectivity index (χ1n) is 5.44. The zero-order valence-electron chi connectivity index (χ0n) is 8.69. The summed E-state index contributed by atoms with van der Waals surface area (Å²) in [5.41, 5.74) is 2.50. The Balaban J connectivity index is 2.05. The second kappa shape index (κ2) is 3.48. The van der Waals surface area contributed by atoms with E-state index in [4.69, 9.17) is 5.11 Å². The monoisotopic (exact) mass is 281 g/mol. The van der Waals surface area contributed by atoms with Crippen molar-refractivity contribution in [1.29, 1.82) is 0 Å². The zero-order valence-corrected chi connectivity index (χ0v) is 10.3. The quantitative estimate of drug-likeness (QED) is 0.794. The Morgan fingerprint density at radius 1 is 1.50 bits per heavy atom. The first-order chi connectivity index (χ1) is 7.66. The molecular weight excluding hydrogens is 270 g/mol. The first-order valence-corrected chi connectivity index (χ1v) is 6.24. The molecule has 1 amide bonds. The summed E-state index contributed by atoms with van der Waals surface area (Å²) in [4.78, 5) is 12.7. The van der Waals surface area contributed by atoms with Crippen molar-refractivity contribution in [3.63, 3.8) is 0 Å². The van der Waals surface area contributed by atoms with E-state index in [0.29, 0.717) is 12.5 Å². The molecule has 1 saturated heterocycles. The molecule has 2 aliphatic rings. The van der Waals surface area contributed by atoms with Gasteiger partial charge in [-0.2, -0.15) is 0 Å². The number of nitrogens with zero attached hydrogens (tertiary/aromatic N) is 1. The highest BCUT2D eigenvalue weighted by molar-refractivity contribution is 9.10. The van der Waals surface area contributed by atoms with E-state index in [-0.39, 0.29) is 6.04 Å². The van der Waals surface area contributed by atoms with Gasteiger partial charge < -0.3 is 10.0 Å². The van der Waals surface area contributed by atoms with Crippen LogP contribution in [0.1, 0.15) is 23.6 Å². The van der Waals surface area contributed by atoms with Gasteiger partial charge in [-0.3, -0.25) is 0 Å². The van der Waals surface area contributed by atoms with Crippen LogP contribution in [0.5, 0.6) is 0 Å². The number of hydrogen-bond donors (Lipinski definition) is 1. The summed E-state index contributed by atoms with van der Waals surface area (Å²) in [5, 5.41) is 9.17. The minimum absolute atomic E-state index is 0.0880. The number of benzene rings is 1. The molecule has 0 spiro atoms. The van der Waals surface area contributed by atoms with Gasteiger partial charge in [0.05, 0.1) is 6.04 Å². The fourth-order valence-electron chi connectivity index (χ4n) is 3.02. The molecule has 1 aromatic carbocycles. The van der Waals surface area contributed by atoms with Gasteiger partial charge >= 0.3 is 6.09 Å². The third-order valence-corrected chi connectivity index (χ3v) is 4.17. The lowest BCUT2D eigenvalue weighted by molar-refractivity contribution is 0.137. The fraction of sp³-hybridized carbons (Fsp3) is 0.417. The summed E-state index contributed by atoms with van der Waals surface area (Å²) in [6.07, 6.45) is 1.22. The summed E-state index contributed by atoms with van der Waals surface area (Å²) < 4.78 is 1.03. The summed E-state index contributed by atoms with van der Waals surface area (Å²) in [6, 6.07) is 6.30. The van der Waals surface area contributed by atoms with Crippen molar-refractivity contribution in [3.8, 4) is 0 Å². The van der Waals surface area contributed by atoms with Crippen molar-refractivity contribution >= 4 is 22.0 Å². The number of hydrogen-bond acceptors (Lipinski definition) is 1. The minimum Gasteiger partial charge on any atom is -0.465 e. The molecule has 4 heteroatoms. The molecule has 3 nitrogen and oxygen atoms in total. The van der Waals surface area contributed by atoms with Crippen LogP contribution < -0.4 is 0 Å². The number of likely N-dealkylation sites (tertiary alicyclic amines) is 1. The molecule has 0 radical (unpaired) electrons. The Hall–Kier alpha value is -1.03. The van der Waals surface area contributed by atoms with Gasteiger partial charge in [0.15, 0.2) is 0 Å². The molecule has 16 heavy (non-hydrogen) atoms. The molecular formula is C12H12BrNO2. The maximum Gasteiger partial charge on any atom is 0.407 e. The standard InChI is InChI=1S/C12H12BrNO2/c13-9-2-1-7-5-8-3-4-14(12(15)16)11(8)10(7)6-9/h1-2,6,8,11H,3-5H2,(H,15,16). The number of carboxylic acid groups (broad SMARTS) is 1. The molecule has 0 aromatic heterocycles. The van der Waals surface area contributed by atoms with Gasteiger partial charge in [0.1, 0.15) is 0 Å². The van der Waals surface area contributed by atoms with E-state index < -0.39 is 6.09 Å². The molecule has 84 valence electrons. The first kappa shape index (κ1) is 10.1. The second-order valence-electron chi connectivity index (χ2n) is 4.52. The Morgan fingerprint density at radius 3 is 3.06 bits per heavy atom. The highest BCUT2D eigenvalue weighted by Gasteiger charge is 2.43. The van der Waals surface area contributed by atoms with Gasteiger partial charge in [0.2, 0.25) is 0 Å². The van der Waals surface area contributed by atoms with Crippen LogP contribution in [0, 0.1) is 5.92 Å². The van der Waals surface area contributed by atoms with Crippen molar-refractivity contribution < 1.29 is 9.90 Å². The van der Waals surface area contributed by atoms with Crippen LogP contribution in [0.3, 0.4) is 0 Å². The Labute approximate surface area is 102 Å². The lowest BCUT2D eigenvalue weighted by Crippen LogP contribution is -2.29. The summed E-state index contributed by atoms with van der Waals surface area (Å²) in [5.74, 6) is 0.486. The average Bonchev–Trinajstić information content (AvgIpc) is 2.76. The number of amides is 1. The van der Waals surface area contributed by atoms with E-state index >= 15 is 0 Å². The van der Waals surface area contributed by atoms with Crippen LogP contribution in [0.15, 0.2) is 22.7 Å². The molecule has 1 aromatic rings. The summed E-state index contributed by atoms with van der Waals surface area (Å²) in [6.45, 7) is 0.677. The van der Waals surface area contributed by atoms with Crippen molar-refractivity contribution in [3.05, 3.63) is 33.8 Å². The number of halogens is 1. The molecule has 1 N–H and O–H groups in total. The zero-order chi connectivity index (χ0) is 11.3. The molecule has 1 aliphatic carbocycles. The topological polar surface area (TPSA) is 40.5 Å². The molecule has 0 bridgehead atoms. The summed E-state index contributed by atoms with van der Waals surface area (Å²) in [7, 11) is 0. The fourth-order valence-corrected chi connectivity index (χ4v) is 3.39. The number of rotatable bonds is 0. The van der Waals surface area contributed by atoms with Gasteiger partial charge in [-0.25, -0.2) is 4.79 Å². The highest BCUT2D eigenvalue weighted by Crippen LogP contribution is 2.46. The third-order valence-electron chi connectivity index (χ3n) is 3.68. The van der Waals surface area contributed by atoms with Crippen LogP contribution >= 0.6 is 15.9 Å². The van der Waals surface area contributed by atoms with Crippen LogP contribution in [-0.4, -0.2) is 22.6 Å². The van der Waals surface area contributed by atoms with Crippen molar-refractivity contribution in [2.45, 2.75) is 18.9 Å². The molecule has 0 saturated carbocycles. The van der Waals surface area contributed by atoms with E-state index in [1.807, 2.05) is 6.07 Å². The molecule has 3 rings (SSSR count). The Bertz CT molecular complexity index is 460. The lowest BCUT2D eigenvalue weighted by Gasteiger charge is -2.21. The number of carbonyl (C=O) groups is 1.